The molecule has 214 valence electrons. The SMILES string of the molecule is CCN(CCC#Cc1ccc2c(Nc3cc(CC(=O)Nc4ccccc4F)[nH]n3)ncnc2c1)CCOP(=O)(O)O. The van der Waals surface area contributed by atoms with Gasteiger partial charge in [-0.2, -0.15) is 5.10 Å². The van der Waals surface area contributed by atoms with Crippen LogP contribution in [-0.4, -0.2) is 67.0 Å². The van der Waals surface area contributed by atoms with Crippen molar-refractivity contribution in [2.45, 2.75) is 19.8 Å². The fraction of sp³-hybridized carbons (Fsp3) is 0.259. The Bertz CT molecular complexity index is 1610. The highest BCUT2D eigenvalue weighted by Gasteiger charge is 2.14. The number of rotatable bonds is 12. The highest BCUT2D eigenvalue weighted by Crippen LogP contribution is 2.35. The maximum absolute atomic E-state index is 13.8. The molecule has 0 aliphatic carbocycles. The third kappa shape index (κ3) is 9.18. The van der Waals surface area contributed by atoms with Crippen LogP contribution in [0.5, 0.6) is 0 Å². The van der Waals surface area contributed by atoms with Gasteiger partial charge in [0.05, 0.1) is 24.2 Å². The van der Waals surface area contributed by atoms with Crippen molar-refractivity contribution in [1.29, 1.82) is 0 Å². The quantitative estimate of drug-likeness (QED) is 0.123. The van der Waals surface area contributed by atoms with E-state index in [9.17, 15) is 13.8 Å². The molecule has 0 saturated carbocycles. The van der Waals surface area contributed by atoms with Crippen molar-refractivity contribution in [3.63, 3.8) is 0 Å². The first kappa shape index (κ1) is 29.8. The summed E-state index contributed by atoms with van der Waals surface area (Å²) in [6, 6.07) is 13.2. The zero-order valence-electron chi connectivity index (χ0n) is 22.2. The lowest BCUT2D eigenvalue weighted by molar-refractivity contribution is -0.115. The first-order valence-corrected chi connectivity index (χ1v) is 14.2. The van der Waals surface area contributed by atoms with E-state index in [0.29, 0.717) is 48.9 Å². The average Bonchev–Trinajstić information content (AvgIpc) is 3.37. The van der Waals surface area contributed by atoms with Crippen LogP contribution in [0.1, 0.15) is 24.6 Å². The molecular formula is C27H29FN7O5P. The molecule has 14 heteroatoms. The molecule has 0 fully saturated rings. The number of anilines is 3. The lowest BCUT2D eigenvalue weighted by atomic mass is 10.1. The largest absolute Gasteiger partial charge is 0.469 e. The third-order valence-corrected chi connectivity index (χ3v) is 6.43. The number of carbonyl (C=O) groups excluding carboxylic acids is 1. The Balaban J connectivity index is 1.33. The number of nitrogens with one attached hydrogen (secondary N) is 3. The summed E-state index contributed by atoms with van der Waals surface area (Å²) in [7, 11) is -4.46. The average molecular weight is 582 g/mol. The number of amides is 1. The summed E-state index contributed by atoms with van der Waals surface area (Å²) in [5, 5.41) is 13.4. The fourth-order valence-corrected chi connectivity index (χ4v) is 4.22. The molecule has 0 aliphatic heterocycles. The van der Waals surface area contributed by atoms with Gasteiger partial charge in [-0.1, -0.05) is 30.9 Å². The number of benzene rings is 2. The number of halogens is 1. The number of nitrogens with zero attached hydrogens (tertiary/aromatic N) is 4. The molecule has 0 spiro atoms. The van der Waals surface area contributed by atoms with Gasteiger partial charge in [0, 0.05) is 42.2 Å². The monoisotopic (exact) mass is 581 g/mol. The zero-order chi connectivity index (χ0) is 29.2. The maximum Gasteiger partial charge on any atom is 0.469 e. The fourth-order valence-electron chi connectivity index (χ4n) is 3.90. The van der Waals surface area contributed by atoms with Gasteiger partial charge < -0.3 is 25.3 Å². The first-order chi connectivity index (χ1) is 19.7. The Morgan fingerprint density at radius 1 is 1.17 bits per heavy atom. The molecule has 1 amide bonds. The number of phosphoric ester groups is 1. The summed E-state index contributed by atoms with van der Waals surface area (Å²) in [5.41, 5.74) is 2.10. The molecule has 2 heterocycles. The number of para-hydroxylation sites is 1. The van der Waals surface area contributed by atoms with Crippen LogP contribution in [0.25, 0.3) is 10.9 Å². The second-order valence-corrected chi connectivity index (χ2v) is 10.1. The molecule has 4 rings (SSSR count). The van der Waals surface area contributed by atoms with E-state index in [-0.39, 0.29) is 24.6 Å². The molecule has 0 bridgehead atoms. The highest BCUT2D eigenvalue weighted by atomic mass is 31.2. The smallest absolute Gasteiger partial charge is 0.323 e. The number of H-pyrrole nitrogens is 1. The summed E-state index contributed by atoms with van der Waals surface area (Å²) in [5.74, 6) is 6.32. The molecule has 5 N–H and O–H groups in total. The Kier molecular flexibility index (Phi) is 10.1. The molecule has 0 atom stereocenters. The van der Waals surface area contributed by atoms with Crippen LogP contribution < -0.4 is 10.6 Å². The number of aromatic nitrogens is 4. The number of hydrogen-bond acceptors (Lipinski definition) is 8. The lowest BCUT2D eigenvalue weighted by Crippen LogP contribution is -2.28. The molecule has 0 aliphatic rings. The second-order valence-electron chi connectivity index (χ2n) is 8.87. The molecule has 2 aromatic heterocycles. The van der Waals surface area contributed by atoms with Crippen LogP contribution in [0, 0.1) is 17.7 Å². The number of fused-ring (bicyclic) bond motifs is 1. The van der Waals surface area contributed by atoms with Crippen LogP contribution in [0.15, 0.2) is 54.9 Å². The predicted molar refractivity (Wildman–Crippen MR) is 152 cm³/mol. The van der Waals surface area contributed by atoms with Crippen LogP contribution in [0.4, 0.5) is 21.7 Å². The van der Waals surface area contributed by atoms with Gasteiger partial charge in [0.25, 0.3) is 0 Å². The van der Waals surface area contributed by atoms with Crippen molar-refractivity contribution in [3.05, 3.63) is 71.9 Å². The van der Waals surface area contributed by atoms with Crippen molar-refractivity contribution in [3.8, 4) is 11.8 Å². The normalized spacial score (nSPS) is 11.3. The van der Waals surface area contributed by atoms with E-state index in [1.165, 1.54) is 18.5 Å². The minimum Gasteiger partial charge on any atom is -0.323 e. The van der Waals surface area contributed by atoms with E-state index >= 15 is 0 Å². The van der Waals surface area contributed by atoms with Gasteiger partial charge in [0.1, 0.15) is 18.0 Å². The summed E-state index contributed by atoms with van der Waals surface area (Å²) in [6.45, 7) is 3.62. The predicted octanol–water partition coefficient (Wildman–Crippen LogP) is 3.59. The number of hydrogen-bond donors (Lipinski definition) is 5. The Morgan fingerprint density at radius 2 is 2.00 bits per heavy atom. The number of likely N-dealkylation sites (N-methyl/N-ethyl adjacent to an activating group) is 1. The van der Waals surface area contributed by atoms with Crippen molar-refractivity contribution in [2.75, 3.05) is 36.9 Å². The highest BCUT2D eigenvalue weighted by molar-refractivity contribution is 7.46. The Morgan fingerprint density at radius 3 is 2.78 bits per heavy atom. The van der Waals surface area contributed by atoms with Crippen molar-refractivity contribution < 1.29 is 28.1 Å². The first-order valence-electron chi connectivity index (χ1n) is 12.7. The molecule has 0 unspecified atom stereocenters. The molecule has 0 saturated heterocycles. The second kappa shape index (κ2) is 13.9. The molecule has 4 aromatic rings. The number of carbonyl (C=O) groups is 1. The van der Waals surface area contributed by atoms with Crippen molar-refractivity contribution in [1.82, 2.24) is 25.1 Å². The van der Waals surface area contributed by atoms with E-state index in [2.05, 4.69) is 47.2 Å². The topological polar surface area (TPSA) is 166 Å². The van der Waals surface area contributed by atoms with Crippen LogP contribution in [0.3, 0.4) is 0 Å². The number of aromatic amines is 1. The van der Waals surface area contributed by atoms with Crippen molar-refractivity contribution >= 4 is 42.0 Å². The maximum atomic E-state index is 13.8. The third-order valence-electron chi connectivity index (χ3n) is 5.91. The minimum atomic E-state index is -4.46. The van der Waals surface area contributed by atoms with Crippen LogP contribution >= 0.6 is 7.82 Å². The number of phosphoric acid groups is 1. The van der Waals surface area contributed by atoms with E-state index in [1.807, 2.05) is 30.0 Å². The van der Waals surface area contributed by atoms with Gasteiger partial charge in [-0.15, -0.1) is 0 Å². The van der Waals surface area contributed by atoms with E-state index < -0.39 is 13.6 Å². The van der Waals surface area contributed by atoms with Crippen LogP contribution in [-0.2, 0) is 20.3 Å². The lowest BCUT2D eigenvalue weighted by Gasteiger charge is -2.18. The minimum absolute atomic E-state index is 0.0211. The Hall–Kier alpha value is -4.18. The molecule has 41 heavy (non-hydrogen) atoms. The van der Waals surface area contributed by atoms with Gasteiger partial charge in [-0.05, 0) is 36.9 Å². The summed E-state index contributed by atoms with van der Waals surface area (Å²) in [6.07, 6.45) is 1.97. The standard InChI is InChI=1S/C27H29FN7O5P/c1-2-35(13-14-40-41(37,38)39)12-6-5-7-19-10-11-21-24(15-19)29-18-30-27(21)32-25-16-20(33-34-25)17-26(36)31-23-9-4-3-8-22(23)28/h3-4,8-11,15-16,18H,2,6,12-14,17H2,1H3,(H,31,36)(H2,37,38,39)(H2,29,30,32,33,34). The molecule has 0 radical (unpaired) electrons. The van der Waals surface area contributed by atoms with E-state index in [0.717, 1.165) is 10.9 Å². The van der Waals surface area contributed by atoms with Gasteiger partial charge in [0.15, 0.2) is 5.82 Å². The van der Waals surface area contributed by atoms with E-state index in [1.54, 1.807) is 18.2 Å². The summed E-state index contributed by atoms with van der Waals surface area (Å²) in [4.78, 5) is 40.6. The summed E-state index contributed by atoms with van der Waals surface area (Å²) < 4.78 is 29.1. The molecule has 2 aromatic carbocycles. The molecule has 12 nitrogen and oxygen atoms in total. The van der Waals surface area contributed by atoms with E-state index in [4.69, 9.17) is 9.79 Å². The van der Waals surface area contributed by atoms with Gasteiger partial charge in [0.2, 0.25) is 5.91 Å². The van der Waals surface area contributed by atoms with Crippen LogP contribution in [0.2, 0.25) is 0 Å². The van der Waals surface area contributed by atoms with Gasteiger partial charge in [-0.25, -0.2) is 18.9 Å². The zero-order valence-corrected chi connectivity index (χ0v) is 23.1. The Labute approximate surface area is 235 Å². The van der Waals surface area contributed by atoms with Gasteiger partial charge >= 0.3 is 7.82 Å². The van der Waals surface area contributed by atoms with Gasteiger partial charge in [-0.3, -0.25) is 14.4 Å². The molecular weight excluding hydrogens is 552 g/mol. The van der Waals surface area contributed by atoms with Crippen molar-refractivity contribution in [2.24, 2.45) is 0 Å². The summed E-state index contributed by atoms with van der Waals surface area (Å²) >= 11 is 0.